The first kappa shape index (κ1) is 13.4. The van der Waals surface area contributed by atoms with E-state index in [1.165, 1.54) is 0 Å². The molecule has 0 radical (unpaired) electrons. The summed E-state index contributed by atoms with van der Waals surface area (Å²) in [6.45, 7) is 3.00. The van der Waals surface area contributed by atoms with E-state index in [9.17, 15) is 4.79 Å². The number of amides is 1. The van der Waals surface area contributed by atoms with Gasteiger partial charge in [-0.1, -0.05) is 24.3 Å². The Balaban J connectivity index is 1.47. The van der Waals surface area contributed by atoms with Gasteiger partial charge in [-0.2, -0.15) is 0 Å². The summed E-state index contributed by atoms with van der Waals surface area (Å²) in [5, 5.41) is 0. The molecule has 0 atom stereocenters. The summed E-state index contributed by atoms with van der Waals surface area (Å²) in [5.41, 5.74) is 1.09. The van der Waals surface area contributed by atoms with E-state index in [1.54, 1.807) is 23.2 Å². The highest BCUT2D eigenvalue weighted by Gasteiger charge is 2.33. The average molecular weight is 284 g/mol. The standard InChI is InChI=1S/C16H16N2O3/c1-12-7-8-15(17-9-12)20-14-10-18(11-14)16(19)21-13-5-3-2-4-6-13/h2-9,14H,10-11H2,1H3. The molecule has 0 spiro atoms. The molecule has 0 unspecified atom stereocenters. The van der Waals surface area contributed by atoms with Gasteiger partial charge in [0.15, 0.2) is 0 Å². The lowest BCUT2D eigenvalue weighted by Gasteiger charge is -2.37. The fraction of sp³-hybridized carbons (Fsp3) is 0.250. The van der Waals surface area contributed by atoms with Crippen molar-refractivity contribution in [2.24, 2.45) is 0 Å². The van der Waals surface area contributed by atoms with Gasteiger partial charge in [-0.05, 0) is 24.6 Å². The fourth-order valence-electron chi connectivity index (χ4n) is 2.01. The summed E-state index contributed by atoms with van der Waals surface area (Å²) < 4.78 is 10.9. The van der Waals surface area contributed by atoms with Gasteiger partial charge in [-0.15, -0.1) is 0 Å². The second-order valence-electron chi connectivity index (χ2n) is 5.00. The molecule has 1 aromatic carbocycles. The molecule has 0 aliphatic carbocycles. The van der Waals surface area contributed by atoms with Gasteiger partial charge in [0, 0.05) is 12.3 Å². The van der Waals surface area contributed by atoms with Gasteiger partial charge < -0.3 is 14.4 Å². The van der Waals surface area contributed by atoms with E-state index >= 15 is 0 Å². The molecule has 1 aliphatic heterocycles. The van der Waals surface area contributed by atoms with Gasteiger partial charge >= 0.3 is 6.09 Å². The number of nitrogens with zero attached hydrogens (tertiary/aromatic N) is 2. The summed E-state index contributed by atoms with van der Waals surface area (Å²) in [6.07, 6.45) is 1.39. The number of benzene rings is 1. The van der Waals surface area contributed by atoms with Crippen molar-refractivity contribution in [3.05, 3.63) is 54.2 Å². The Kier molecular flexibility index (Phi) is 3.73. The zero-order valence-electron chi connectivity index (χ0n) is 11.7. The highest BCUT2D eigenvalue weighted by Crippen LogP contribution is 2.18. The zero-order chi connectivity index (χ0) is 14.7. The Morgan fingerprint density at radius 3 is 2.62 bits per heavy atom. The first-order valence-electron chi connectivity index (χ1n) is 6.82. The topological polar surface area (TPSA) is 51.7 Å². The van der Waals surface area contributed by atoms with Crippen molar-refractivity contribution in [2.75, 3.05) is 13.1 Å². The molecule has 1 amide bonds. The summed E-state index contributed by atoms with van der Waals surface area (Å²) in [7, 11) is 0. The molecule has 0 saturated carbocycles. The second-order valence-corrected chi connectivity index (χ2v) is 5.00. The summed E-state index contributed by atoms with van der Waals surface area (Å²) in [5.74, 6) is 1.13. The maximum Gasteiger partial charge on any atom is 0.415 e. The molecule has 2 heterocycles. The summed E-state index contributed by atoms with van der Waals surface area (Å²) in [4.78, 5) is 17.7. The number of likely N-dealkylation sites (tertiary alicyclic amines) is 1. The van der Waals surface area contributed by atoms with Gasteiger partial charge in [0.1, 0.15) is 11.9 Å². The molecule has 1 fully saturated rings. The highest BCUT2D eigenvalue weighted by atomic mass is 16.6. The van der Waals surface area contributed by atoms with Crippen LogP contribution in [0.3, 0.4) is 0 Å². The van der Waals surface area contributed by atoms with E-state index < -0.39 is 0 Å². The summed E-state index contributed by atoms with van der Waals surface area (Å²) >= 11 is 0. The normalized spacial score (nSPS) is 14.4. The van der Waals surface area contributed by atoms with Crippen molar-refractivity contribution in [3.63, 3.8) is 0 Å². The van der Waals surface area contributed by atoms with Crippen LogP contribution < -0.4 is 9.47 Å². The van der Waals surface area contributed by atoms with Gasteiger partial charge in [-0.3, -0.25) is 0 Å². The lowest BCUT2D eigenvalue weighted by Crippen LogP contribution is -2.57. The van der Waals surface area contributed by atoms with Crippen molar-refractivity contribution in [1.29, 1.82) is 0 Å². The van der Waals surface area contributed by atoms with Crippen LogP contribution in [0.15, 0.2) is 48.7 Å². The molecular formula is C16H16N2O3. The minimum atomic E-state index is -0.349. The number of carbonyl (C=O) groups is 1. The third-order valence-electron chi connectivity index (χ3n) is 3.23. The van der Waals surface area contributed by atoms with Crippen molar-refractivity contribution in [3.8, 4) is 11.6 Å². The van der Waals surface area contributed by atoms with Crippen LogP contribution in [0.2, 0.25) is 0 Å². The molecule has 1 aliphatic rings. The maximum absolute atomic E-state index is 11.9. The lowest BCUT2D eigenvalue weighted by atomic mass is 10.2. The predicted molar refractivity (Wildman–Crippen MR) is 77.4 cm³/mol. The maximum atomic E-state index is 11.9. The SMILES string of the molecule is Cc1ccc(OC2CN(C(=O)Oc3ccccc3)C2)nc1. The fourth-order valence-corrected chi connectivity index (χ4v) is 2.01. The van der Waals surface area contributed by atoms with Crippen LogP contribution in [0.4, 0.5) is 4.79 Å². The van der Waals surface area contributed by atoms with E-state index in [1.807, 2.05) is 37.3 Å². The Morgan fingerprint density at radius 1 is 1.19 bits per heavy atom. The average Bonchev–Trinajstić information content (AvgIpc) is 2.45. The Hall–Kier alpha value is -2.56. The minimum Gasteiger partial charge on any atom is -0.471 e. The number of hydrogen-bond acceptors (Lipinski definition) is 4. The van der Waals surface area contributed by atoms with Crippen LogP contribution in [0.25, 0.3) is 0 Å². The number of pyridine rings is 1. The zero-order valence-corrected chi connectivity index (χ0v) is 11.7. The molecule has 3 rings (SSSR count). The highest BCUT2D eigenvalue weighted by molar-refractivity contribution is 5.71. The lowest BCUT2D eigenvalue weighted by molar-refractivity contribution is 0.0258. The third-order valence-corrected chi connectivity index (χ3v) is 3.23. The Morgan fingerprint density at radius 2 is 1.95 bits per heavy atom. The molecular weight excluding hydrogens is 268 g/mol. The van der Waals surface area contributed by atoms with Crippen LogP contribution in [0.1, 0.15) is 5.56 Å². The number of aromatic nitrogens is 1. The van der Waals surface area contributed by atoms with Crippen molar-refractivity contribution >= 4 is 6.09 Å². The molecule has 0 N–H and O–H groups in total. The van der Waals surface area contributed by atoms with Gasteiger partial charge in [0.2, 0.25) is 5.88 Å². The predicted octanol–water partition coefficient (Wildman–Crippen LogP) is 2.65. The van der Waals surface area contributed by atoms with Crippen LogP contribution in [0.5, 0.6) is 11.6 Å². The Labute approximate surface area is 123 Å². The quantitative estimate of drug-likeness (QED) is 0.869. The van der Waals surface area contributed by atoms with E-state index in [2.05, 4.69) is 4.98 Å². The number of ether oxygens (including phenoxy) is 2. The third kappa shape index (κ3) is 3.31. The molecule has 0 bridgehead atoms. The number of hydrogen-bond donors (Lipinski definition) is 0. The number of rotatable bonds is 3. The number of carbonyl (C=O) groups excluding carboxylic acids is 1. The van der Waals surface area contributed by atoms with Crippen LogP contribution in [0, 0.1) is 6.92 Å². The molecule has 1 saturated heterocycles. The number of para-hydroxylation sites is 1. The van der Waals surface area contributed by atoms with E-state index in [-0.39, 0.29) is 12.2 Å². The smallest absolute Gasteiger partial charge is 0.415 e. The molecule has 108 valence electrons. The Bertz CT molecular complexity index is 607. The monoisotopic (exact) mass is 284 g/mol. The first-order chi connectivity index (χ1) is 10.2. The summed E-state index contributed by atoms with van der Waals surface area (Å²) in [6, 6.07) is 12.8. The van der Waals surface area contributed by atoms with E-state index in [0.29, 0.717) is 24.7 Å². The van der Waals surface area contributed by atoms with Gasteiger partial charge in [-0.25, -0.2) is 9.78 Å². The van der Waals surface area contributed by atoms with Crippen LogP contribution in [-0.2, 0) is 0 Å². The molecule has 5 nitrogen and oxygen atoms in total. The number of aryl methyl sites for hydroxylation is 1. The molecule has 5 heteroatoms. The largest absolute Gasteiger partial charge is 0.471 e. The first-order valence-corrected chi connectivity index (χ1v) is 6.82. The van der Waals surface area contributed by atoms with Crippen LogP contribution >= 0.6 is 0 Å². The minimum absolute atomic E-state index is 0.0245. The molecule has 21 heavy (non-hydrogen) atoms. The molecule has 1 aromatic heterocycles. The van der Waals surface area contributed by atoms with E-state index in [4.69, 9.17) is 9.47 Å². The van der Waals surface area contributed by atoms with Crippen molar-refractivity contribution in [2.45, 2.75) is 13.0 Å². The van der Waals surface area contributed by atoms with Gasteiger partial charge in [0.25, 0.3) is 0 Å². The van der Waals surface area contributed by atoms with Gasteiger partial charge in [0.05, 0.1) is 13.1 Å². The van der Waals surface area contributed by atoms with Crippen molar-refractivity contribution < 1.29 is 14.3 Å². The molecule has 2 aromatic rings. The van der Waals surface area contributed by atoms with E-state index in [0.717, 1.165) is 5.56 Å². The van der Waals surface area contributed by atoms with Crippen molar-refractivity contribution in [1.82, 2.24) is 9.88 Å². The second kappa shape index (κ2) is 5.83. The van der Waals surface area contributed by atoms with Crippen LogP contribution in [-0.4, -0.2) is 35.2 Å².